The summed E-state index contributed by atoms with van der Waals surface area (Å²) < 4.78 is 44.4. The number of amides is 2. The second kappa shape index (κ2) is 15.2. The number of rotatable bonds is 13. The Morgan fingerprint density at radius 2 is 1.58 bits per heavy atom. The monoisotopic (exact) mass is 649 g/mol. The highest BCUT2D eigenvalue weighted by Crippen LogP contribution is 2.30. The highest BCUT2D eigenvalue weighted by Gasteiger charge is 2.35. The van der Waals surface area contributed by atoms with Crippen LogP contribution >= 0.6 is 11.6 Å². The van der Waals surface area contributed by atoms with Crippen molar-refractivity contribution >= 4 is 39.1 Å². The van der Waals surface area contributed by atoms with Gasteiger partial charge in [0.05, 0.1) is 10.6 Å². The number of carbonyl (C=O) groups is 2. The maximum absolute atomic E-state index is 15.0. The third kappa shape index (κ3) is 8.49. The van der Waals surface area contributed by atoms with Gasteiger partial charge in [0.1, 0.15) is 18.4 Å². The molecule has 0 bridgehead atoms. The van der Waals surface area contributed by atoms with E-state index in [0.29, 0.717) is 23.6 Å². The van der Waals surface area contributed by atoms with Crippen molar-refractivity contribution in [2.75, 3.05) is 17.4 Å². The van der Waals surface area contributed by atoms with E-state index in [1.165, 1.54) is 23.1 Å². The van der Waals surface area contributed by atoms with Gasteiger partial charge in [0.15, 0.2) is 0 Å². The van der Waals surface area contributed by atoms with E-state index in [2.05, 4.69) is 5.32 Å². The predicted molar refractivity (Wildman–Crippen MR) is 176 cm³/mol. The molecule has 0 saturated heterocycles. The van der Waals surface area contributed by atoms with E-state index in [1.807, 2.05) is 44.2 Å². The number of carbonyl (C=O) groups excluding carboxylic acids is 2. The molecule has 0 aromatic heterocycles. The first kappa shape index (κ1) is 33.7. The zero-order valence-corrected chi connectivity index (χ0v) is 27.1. The van der Waals surface area contributed by atoms with E-state index in [1.54, 1.807) is 55.5 Å². The molecular formula is C35H37ClFN3O4S. The third-order valence-corrected chi connectivity index (χ3v) is 9.44. The van der Waals surface area contributed by atoms with Crippen molar-refractivity contribution in [3.63, 3.8) is 0 Å². The predicted octanol–water partition coefficient (Wildman–Crippen LogP) is 6.46. The summed E-state index contributed by atoms with van der Waals surface area (Å²) in [4.78, 5) is 29.4. The van der Waals surface area contributed by atoms with Gasteiger partial charge in [-0.25, -0.2) is 12.8 Å². The second-order valence-corrected chi connectivity index (χ2v) is 13.2. The van der Waals surface area contributed by atoms with Crippen molar-refractivity contribution in [3.05, 3.63) is 130 Å². The van der Waals surface area contributed by atoms with Crippen molar-refractivity contribution in [1.82, 2.24) is 10.2 Å². The molecule has 4 aromatic carbocycles. The molecule has 0 spiro atoms. The Kier molecular flexibility index (Phi) is 11.4. The molecule has 4 aromatic rings. The maximum atomic E-state index is 15.0. The Balaban J connectivity index is 1.83. The number of benzene rings is 4. The average molecular weight is 650 g/mol. The zero-order chi connectivity index (χ0) is 32.6. The SMILES string of the molecule is CCCNC(=O)[C@@H](Cc1ccccc1)N(Cc1ccccc1F)C(=O)CN(c1ccc(Cl)cc1C)S(=O)(=O)c1ccc(C)cc1. The number of nitrogens with one attached hydrogen (secondary N) is 1. The summed E-state index contributed by atoms with van der Waals surface area (Å²) in [6.07, 6.45) is 0.810. The van der Waals surface area contributed by atoms with Crippen molar-refractivity contribution in [2.24, 2.45) is 0 Å². The van der Waals surface area contributed by atoms with Crippen LogP contribution in [-0.2, 0) is 32.6 Å². The molecule has 0 aliphatic heterocycles. The zero-order valence-electron chi connectivity index (χ0n) is 25.5. The molecule has 45 heavy (non-hydrogen) atoms. The molecule has 4 rings (SSSR count). The fourth-order valence-electron chi connectivity index (χ4n) is 4.98. The van der Waals surface area contributed by atoms with Crippen molar-refractivity contribution in [3.8, 4) is 0 Å². The molecule has 236 valence electrons. The maximum Gasteiger partial charge on any atom is 0.264 e. The Hall–Kier alpha value is -4.21. The Labute approximate surface area is 269 Å². The van der Waals surface area contributed by atoms with E-state index in [9.17, 15) is 18.0 Å². The lowest BCUT2D eigenvalue weighted by Gasteiger charge is -2.34. The summed E-state index contributed by atoms with van der Waals surface area (Å²) in [6, 6.07) is 25.2. The van der Waals surface area contributed by atoms with Crippen LogP contribution in [0.1, 0.15) is 35.6 Å². The van der Waals surface area contributed by atoms with Crippen LogP contribution in [0.4, 0.5) is 10.1 Å². The molecular weight excluding hydrogens is 613 g/mol. The van der Waals surface area contributed by atoms with Gasteiger partial charge in [-0.1, -0.05) is 84.8 Å². The number of sulfonamides is 1. The molecule has 0 saturated carbocycles. The van der Waals surface area contributed by atoms with Crippen LogP contribution in [0.15, 0.2) is 102 Å². The fraction of sp³-hybridized carbons (Fsp3) is 0.257. The first-order chi connectivity index (χ1) is 21.5. The molecule has 0 aliphatic carbocycles. The first-order valence-electron chi connectivity index (χ1n) is 14.7. The molecule has 1 atom stereocenters. The summed E-state index contributed by atoms with van der Waals surface area (Å²) in [5.74, 6) is -1.63. The minimum atomic E-state index is -4.27. The van der Waals surface area contributed by atoms with E-state index in [-0.39, 0.29) is 29.1 Å². The number of aryl methyl sites for hydroxylation is 2. The molecule has 1 N–H and O–H groups in total. The van der Waals surface area contributed by atoms with Crippen LogP contribution in [0.5, 0.6) is 0 Å². The standard InChI is InChI=1S/C35H37ClFN3O4S/c1-4-20-38-35(42)33(22-27-10-6-5-7-11-27)39(23-28-12-8-9-13-31(28)37)34(41)24-40(32-19-16-29(36)21-26(32)3)45(43,44)30-17-14-25(2)15-18-30/h5-19,21,33H,4,20,22-24H2,1-3H3,(H,38,42)/t33-/m1/s1. The Morgan fingerprint density at radius 3 is 2.22 bits per heavy atom. The number of nitrogens with zero attached hydrogens (tertiary/aromatic N) is 2. The average Bonchev–Trinajstić information content (AvgIpc) is 3.02. The summed E-state index contributed by atoms with van der Waals surface area (Å²) in [5, 5.41) is 3.29. The quantitative estimate of drug-likeness (QED) is 0.180. The van der Waals surface area contributed by atoms with Gasteiger partial charge >= 0.3 is 0 Å². The third-order valence-electron chi connectivity index (χ3n) is 7.43. The van der Waals surface area contributed by atoms with Crippen LogP contribution in [0.25, 0.3) is 0 Å². The molecule has 2 amide bonds. The molecule has 0 aliphatic rings. The minimum absolute atomic E-state index is 0.00238. The van der Waals surface area contributed by atoms with E-state index >= 15 is 4.39 Å². The van der Waals surface area contributed by atoms with Gasteiger partial charge in [-0.15, -0.1) is 0 Å². The van der Waals surface area contributed by atoms with E-state index < -0.39 is 40.2 Å². The van der Waals surface area contributed by atoms with E-state index in [0.717, 1.165) is 15.4 Å². The molecule has 0 heterocycles. The van der Waals surface area contributed by atoms with Crippen LogP contribution in [0, 0.1) is 19.7 Å². The highest BCUT2D eigenvalue weighted by atomic mass is 35.5. The fourth-order valence-corrected chi connectivity index (χ4v) is 6.68. The summed E-state index contributed by atoms with van der Waals surface area (Å²) >= 11 is 6.20. The van der Waals surface area contributed by atoms with Gasteiger partial charge in [0, 0.05) is 30.1 Å². The Bertz CT molecular complexity index is 1730. The van der Waals surface area contributed by atoms with Crippen LogP contribution in [0.3, 0.4) is 0 Å². The molecule has 7 nitrogen and oxygen atoms in total. The van der Waals surface area contributed by atoms with Crippen molar-refractivity contribution in [1.29, 1.82) is 0 Å². The van der Waals surface area contributed by atoms with E-state index in [4.69, 9.17) is 11.6 Å². The van der Waals surface area contributed by atoms with Gasteiger partial charge in [-0.05, 0) is 67.8 Å². The van der Waals surface area contributed by atoms with Gasteiger partial charge in [-0.3, -0.25) is 13.9 Å². The van der Waals surface area contributed by atoms with Crippen LogP contribution < -0.4 is 9.62 Å². The lowest BCUT2D eigenvalue weighted by Crippen LogP contribution is -2.53. The van der Waals surface area contributed by atoms with Crippen LogP contribution in [-0.4, -0.2) is 44.3 Å². The van der Waals surface area contributed by atoms with Gasteiger partial charge in [0.2, 0.25) is 11.8 Å². The first-order valence-corrected chi connectivity index (χ1v) is 16.5. The summed E-state index contributed by atoms with van der Waals surface area (Å²) in [5.41, 5.74) is 2.65. The van der Waals surface area contributed by atoms with Gasteiger partial charge in [0.25, 0.3) is 10.0 Å². The highest BCUT2D eigenvalue weighted by molar-refractivity contribution is 7.92. The second-order valence-electron chi connectivity index (χ2n) is 10.9. The normalized spacial score (nSPS) is 11.9. The van der Waals surface area contributed by atoms with Crippen molar-refractivity contribution < 1.29 is 22.4 Å². The summed E-state index contributed by atoms with van der Waals surface area (Å²) in [7, 11) is -4.27. The number of hydrogen-bond donors (Lipinski definition) is 1. The molecule has 0 unspecified atom stereocenters. The molecule has 0 fully saturated rings. The number of hydrogen-bond acceptors (Lipinski definition) is 4. The largest absolute Gasteiger partial charge is 0.354 e. The summed E-state index contributed by atoms with van der Waals surface area (Å²) in [6.45, 7) is 4.95. The molecule has 10 heteroatoms. The topological polar surface area (TPSA) is 86.8 Å². The molecule has 0 radical (unpaired) electrons. The van der Waals surface area contributed by atoms with Crippen LogP contribution in [0.2, 0.25) is 5.02 Å². The lowest BCUT2D eigenvalue weighted by atomic mass is 10.0. The number of halogens is 2. The lowest BCUT2D eigenvalue weighted by molar-refractivity contribution is -0.140. The van der Waals surface area contributed by atoms with Crippen molar-refractivity contribution in [2.45, 2.75) is 51.1 Å². The van der Waals surface area contributed by atoms with Gasteiger partial charge < -0.3 is 10.2 Å². The minimum Gasteiger partial charge on any atom is -0.354 e. The van der Waals surface area contributed by atoms with Gasteiger partial charge in [-0.2, -0.15) is 0 Å². The Morgan fingerprint density at radius 1 is 0.911 bits per heavy atom. The number of anilines is 1. The smallest absolute Gasteiger partial charge is 0.264 e.